The Bertz CT molecular complexity index is 334. The summed E-state index contributed by atoms with van der Waals surface area (Å²) >= 11 is 0. The highest BCUT2D eigenvalue weighted by Gasteiger charge is 2.28. The molecule has 0 spiro atoms. The average molecular weight is 288 g/mol. The topological polar surface area (TPSA) is 96.9 Å². The fourth-order valence-corrected chi connectivity index (χ4v) is 1.82. The van der Waals surface area contributed by atoms with Crippen molar-refractivity contribution < 1.29 is 24.2 Å². The summed E-state index contributed by atoms with van der Waals surface area (Å²) in [5, 5.41) is 14.3. The van der Waals surface area contributed by atoms with Crippen LogP contribution in [0.2, 0.25) is 0 Å². The lowest BCUT2D eigenvalue weighted by Crippen LogP contribution is -2.51. The first-order valence-corrected chi connectivity index (χ1v) is 6.74. The van der Waals surface area contributed by atoms with Crippen molar-refractivity contribution in [2.24, 2.45) is 5.41 Å². The Morgan fingerprint density at radius 3 is 2.55 bits per heavy atom. The molecule has 116 valence electrons. The van der Waals surface area contributed by atoms with Crippen LogP contribution in [0.5, 0.6) is 0 Å². The van der Waals surface area contributed by atoms with E-state index >= 15 is 0 Å². The lowest BCUT2D eigenvalue weighted by Gasteiger charge is -2.30. The maximum atomic E-state index is 11.8. The standard InChI is InChI=1S/C13H24N2O5/c1-13(2,3)10(6-11(16)17)15-12(18)14-7-9-8-19-4-5-20-9/h9-10H,4-8H2,1-3H3,(H,16,17)(H2,14,15,18). The van der Waals surface area contributed by atoms with Gasteiger partial charge in [-0.2, -0.15) is 0 Å². The van der Waals surface area contributed by atoms with Gasteiger partial charge in [0, 0.05) is 12.6 Å². The summed E-state index contributed by atoms with van der Waals surface area (Å²) in [7, 11) is 0. The molecule has 1 aliphatic heterocycles. The largest absolute Gasteiger partial charge is 0.481 e. The predicted octanol–water partition coefficient (Wildman–Crippen LogP) is 0.590. The molecule has 1 fully saturated rings. The Labute approximate surface area is 119 Å². The monoisotopic (exact) mass is 288 g/mol. The van der Waals surface area contributed by atoms with Gasteiger partial charge in [0.1, 0.15) is 0 Å². The number of carboxylic acids is 1. The lowest BCUT2D eigenvalue weighted by molar-refractivity contribution is -0.138. The normalized spacial score (nSPS) is 21.1. The highest BCUT2D eigenvalue weighted by Crippen LogP contribution is 2.21. The third-order valence-corrected chi connectivity index (χ3v) is 3.10. The summed E-state index contributed by atoms with van der Waals surface area (Å²) in [5.74, 6) is -0.936. The Balaban J connectivity index is 2.39. The van der Waals surface area contributed by atoms with Gasteiger partial charge in [0.05, 0.1) is 32.3 Å². The number of rotatable bonds is 5. The molecule has 7 nitrogen and oxygen atoms in total. The van der Waals surface area contributed by atoms with E-state index in [0.717, 1.165) is 0 Å². The molecule has 2 amide bonds. The molecule has 7 heteroatoms. The molecule has 2 atom stereocenters. The second-order valence-corrected chi connectivity index (χ2v) is 5.94. The van der Waals surface area contributed by atoms with E-state index in [2.05, 4.69) is 10.6 Å². The van der Waals surface area contributed by atoms with Gasteiger partial charge >= 0.3 is 12.0 Å². The van der Waals surface area contributed by atoms with Crippen LogP contribution in [0.15, 0.2) is 0 Å². The Morgan fingerprint density at radius 1 is 1.35 bits per heavy atom. The molecule has 0 aromatic carbocycles. The van der Waals surface area contributed by atoms with E-state index < -0.39 is 12.0 Å². The molecule has 0 bridgehead atoms. The molecule has 0 saturated carbocycles. The molecule has 0 aliphatic carbocycles. The first-order valence-electron chi connectivity index (χ1n) is 6.74. The first-order chi connectivity index (χ1) is 9.29. The Morgan fingerprint density at radius 2 is 2.05 bits per heavy atom. The van der Waals surface area contributed by atoms with Gasteiger partial charge in [0.25, 0.3) is 0 Å². The van der Waals surface area contributed by atoms with Crippen molar-refractivity contribution >= 4 is 12.0 Å². The minimum Gasteiger partial charge on any atom is -0.481 e. The van der Waals surface area contributed by atoms with Crippen LogP contribution in [-0.4, -0.2) is 55.6 Å². The first kappa shape index (κ1) is 16.7. The molecular weight excluding hydrogens is 264 g/mol. The summed E-state index contributed by atoms with van der Waals surface area (Å²) in [6.07, 6.45) is -0.262. The number of carboxylic acid groups (broad SMARTS) is 1. The molecule has 0 radical (unpaired) electrons. The molecule has 3 N–H and O–H groups in total. The van der Waals surface area contributed by atoms with Gasteiger partial charge in [-0.25, -0.2) is 4.79 Å². The van der Waals surface area contributed by atoms with E-state index in [0.29, 0.717) is 26.4 Å². The zero-order valence-corrected chi connectivity index (χ0v) is 12.3. The second-order valence-electron chi connectivity index (χ2n) is 5.94. The number of ether oxygens (including phenoxy) is 2. The number of amides is 2. The Kier molecular flexibility index (Phi) is 6.22. The van der Waals surface area contributed by atoms with Gasteiger partial charge in [0.2, 0.25) is 0 Å². The van der Waals surface area contributed by atoms with E-state index in [4.69, 9.17) is 14.6 Å². The summed E-state index contributed by atoms with van der Waals surface area (Å²) in [6, 6.07) is -0.830. The van der Waals surface area contributed by atoms with E-state index in [1.165, 1.54) is 0 Å². The van der Waals surface area contributed by atoms with Crippen LogP contribution in [-0.2, 0) is 14.3 Å². The van der Waals surface area contributed by atoms with Crippen LogP contribution in [0.25, 0.3) is 0 Å². The Hall–Kier alpha value is -1.34. The molecule has 0 aromatic rings. The number of hydrogen-bond donors (Lipinski definition) is 3. The van der Waals surface area contributed by atoms with Crippen molar-refractivity contribution in [2.75, 3.05) is 26.4 Å². The summed E-state index contributed by atoms with van der Waals surface area (Å²) in [6.45, 7) is 7.57. The van der Waals surface area contributed by atoms with Crippen molar-refractivity contribution in [2.45, 2.75) is 39.3 Å². The minimum atomic E-state index is -0.936. The van der Waals surface area contributed by atoms with Crippen LogP contribution in [0.4, 0.5) is 4.79 Å². The van der Waals surface area contributed by atoms with Crippen LogP contribution < -0.4 is 10.6 Å². The maximum Gasteiger partial charge on any atom is 0.315 e. The fraction of sp³-hybridized carbons (Fsp3) is 0.846. The SMILES string of the molecule is CC(C)(C)C(CC(=O)O)NC(=O)NCC1COCCO1. The highest BCUT2D eigenvalue weighted by atomic mass is 16.6. The molecule has 0 aromatic heterocycles. The van der Waals surface area contributed by atoms with Crippen molar-refractivity contribution in [1.82, 2.24) is 10.6 Å². The number of carbonyl (C=O) groups excluding carboxylic acids is 1. The number of hydrogen-bond acceptors (Lipinski definition) is 4. The number of carbonyl (C=O) groups is 2. The van der Waals surface area contributed by atoms with Gasteiger partial charge in [-0.15, -0.1) is 0 Å². The molecule has 2 unspecified atom stereocenters. The van der Waals surface area contributed by atoms with Gasteiger partial charge < -0.3 is 25.2 Å². The molecule has 1 heterocycles. The lowest BCUT2D eigenvalue weighted by atomic mass is 9.85. The van der Waals surface area contributed by atoms with Gasteiger partial charge in [-0.1, -0.05) is 20.8 Å². The summed E-state index contributed by atoms with van der Waals surface area (Å²) < 4.78 is 10.6. The minimum absolute atomic E-state index is 0.111. The second kappa shape index (κ2) is 7.44. The fourth-order valence-electron chi connectivity index (χ4n) is 1.82. The quantitative estimate of drug-likeness (QED) is 0.688. The van der Waals surface area contributed by atoms with Crippen molar-refractivity contribution in [3.63, 3.8) is 0 Å². The van der Waals surface area contributed by atoms with E-state index in [1.54, 1.807) is 0 Å². The highest BCUT2D eigenvalue weighted by molar-refractivity contribution is 5.75. The van der Waals surface area contributed by atoms with Crippen LogP contribution in [0, 0.1) is 5.41 Å². The van der Waals surface area contributed by atoms with Crippen molar-refractivity contribution in [3.05, 3.63) is 0 Å². The average Bonchev–Trinajstić information content (AvgIpc) is 2.35. The predicted molar refractivity (Wildman–Crippen MR) is 72.6 cm³/mol. The van der Waals surface area contributed by atoms with Crippen molar-refractivity contribution in [1.29, 1.82) is 0 Å². The third kappa shape index (κ3) is 6.21. The molecule has 1 rings (SSSR count). The number of urea groups is 1. The zero-order valence-electron chi connectivity index (χ0n) is 12.3. The number of aliphatic carboxylic acids is 1. The van der Waals surface area contributed by atoms with Crippen LogP contribution in [0.1, 0.15) is 27.2 Å². The smallest absolute Gasteiger partial charge is 0.315 e. The van der Waals surface area contributed by atoms with Gasteiger partial charge in [-0.3, -0.25) is 4.79 Å². The van der Waals surface area contributed by atoms with Gasteiger partial charge in [0.15, 0.2) is 0 Å². The third-order valence-electron chi connectivity index (χ3n) is 3.10. The number of nitrogens with one attached hydrogen (secondary N) is 2. The van der Waals surface area contributed by atoms with E-state index in [1.807, 2.05) is 20.8 Å². The molecule has 20 heavy (non-hydrogen) atoms. The summed E-state index contributed by atoms with van der Waals surface area (Å²) in [4.78, 5) is 22.6. The van der Waals surface area contributed by atoms with E-state index in [9.17, 15) is 9.59 Å². The zero-order chi connectivity index (χ0) is 15.2. The van der Waals surface area contributed by atoms with Crippen LogP contribution in [0.3, 0.4) is 0 Å². The van der Waals surface area contributed by atoms with Crippen molar-refractivity contribution in [3.8, 4) is 0 Å². The molecule has 1 aliphatic rings. The van der Waals surface area contributed by atoms with Gasteiger partial charge in [-0.05, 0) is 5.41 Å². The molecule has 1 saturated heterocycles. The van der Waals surface area contributed by atoms with E-state index in [-0.39, 0.29) is 24.0 Å². The maximum absolute atomic E-state index is 11.8. The molecular formula is C13H24N2O5. The summed E-state index contributed by atoms with van der Waals surface area (Å²) in [5.41, 5.74) is -0.333. The van der Waals surface area contributed by atoms with Crippen LogP contribution >= 0.6 is 0 Å².